The molecular formula is C27H28ClF4N3O4. The van der Waals surface area contributed by atoms with E-state index in [1.165, 1.54) is 13.3 Å². The third-order valence-corrected chi connectivity index (χ3v) is 7.59. The number of carbonyl (C=O) groups is 1. The number of ether oxygens (including phenoxy) is 2. The van der Waals surface area contributed by atoms with Gasteiger partial charge in [0, 0.05) is 35.8 Å². The van der Waals surface area contributed by atoms with E-state index in [0.717, 1.165) is 12.1 Å². The van der Waals surface area contributed by atoms with E-state index in [-0.39, 0.29) is 35.8 Å². The number of methoxy groups -OCH3 is 1. The number of hydroxylamine groups is 1. The van der Waals surface area contributed by atoms with E-state index in [2.05, 4.69) is 4.98 Å². The maximum absolute atomic E-state index is 15.7. The summed E-state index contributed by atoms with van der Waals surface area (Å²) in [6.45, 7) is 1.34. The number of benzene rings is 2. The second-order valence-corrected chi connectivity index (χ2v) is 9.93. The van der Waals surface area contributed by atoms with Crippen LogP contribution in [0, 0.1) is 22.9 Å². The number of fused-ring (bicyclic) bond motifs is 1. The molecule has 1 amide bonds. The predicted molar refractivity (Wildman–Crippen MR) is 136 cm³/mol. The summed E-state index contributed by atoms with van der Waals surface area (Å²) < 4.78 is 66.2. The normalized spacial score (nSPS) is 16.2. The van der Waals surface area contributed by atoms with Crippen molar-refractivity contribution in [3.63, 3.8) is 0 Å². The molecule has 3 aromatic rings. The molecule has 1 atom stereocenters. The van der Waals surface area contributed by atoms with Crippen LogP contribution < -0.4 is 15.0 Å². The van der Waals surface area contributed by atoms with Gasteiger partial charge < -0.3 is 9.47 Å². The molecule has 210 valence electrons. The molecule has 7 nitrogen and oxygen atoms in total. The van der Waals surface area contributed by atoms with Gasteiger partial charge >= 0.3 is 0 Å². The molecule has 0 bridgehead atoms. The highest BCUT2D eigenvalue weighted by Crippen LogP contribution is 2.42. The van der Waals surface area contributed by atoms with Gasteiger partial charge in [-0.1, -0.05) is 11.6 Å². The van der Waals surface area contributed by atoms with Crippen LogP contribution in [0.2, 0.25) is 5.02 Å². The van der Waals surface area contributed by atoms with Crippen LogP contribution >= 0.6 is 11.6 Å². The molecule has 2 heterocycles. The number of alkyl halides is 1. The van der Waals surface area contributed by atoms with Gasteiger partial charge in [0.2, 0.25) is 5.91 Å². The monoisotopic (exact) mass is 569 g/mol. The molecule has 12 heteroatoms. The van der Waals surface area contributed by atoms with Gasteiger partial charge in [0.25, 0.3) is 0 Å². The summed E-state index contributed by atoms with van der Waals surface area (Å²) >= 11 is 6.34. The number of likely N-dealkylation sites (tertiary alicyclic amines) is 1. The summed E-state index contributed by atoms with van der Waals surface area (Å²) in [5.41, 5.74) is 1.55. The largest absolute Gasteiger partial charge is 0.497 e. The lowest BCUT2D eigenvalue weighted by Crippen LogP contribution is -2.49. The van der Waals surface area contributed by atoms with Crippen molar-refractivity contribution < 1.29 is 37.0 Å². The van der Waals surface area contributed by atoms with Crippen molar-refractivity contribution in [1.29, 1.82) is 0 Å². The van der Waals surface area contributed by atoms with Crippen molar-refractivity contribution in [3.8, 4) is 11.5 Å². The minimum absolute atomic E-state index is 0.0196. The molecule has 1 saturated heterocycles. The van der Waals surface area contributed by atoms with Crippen molar-refractivity contribution in [2.45, 2.75) is 31.9 Å². The summed E-state index contributed by atoms with van der Waals surface area (Å²) in [5.74, 6) is -4.43. The second-order valence-electron chi connectivity index (χ2n) is 9.52. The summed E-state index contributed by atoms with van der Waals surface area (Å²) in [4.78, 5) is 18.9. The van der Waals surface area contributed by atoms with E-state index < -0.39 is 34.9 Å². The average Bonchev–Trinajstić information content (AvgIpc) is 2.94. The van der Waals surface area contributed by atoms with E-state index in [1.807, 2.05) is 4.90 Å². The molecule has 0 unspecified atom stereocenters. The van der Waals surface area contributed by atoms with Gasteiger partial charge in [0.05, 0.1) is 23.1 Å². The van der Waals surface area contributed by atoms with Gasteiger partial charge in [-0.25, -0.2) is 23.0 Å². The Morgan fingerprint density at radius 1 is 1.18 bits per heavy atom. The number of hydrogen-bond donors (Lipinski definition) is 2. The highest BCUT2D eigenvalue weighted by Gasteiger charge is 2.41. The SMILES string of the molecule is COc1ccc2ncc(Cl)c([C@H](F)CCC3(C(=O)NO)CCN(CCOc4cc(F)c(F)c(F)c4)CC3)c2c1. The number of nitrogens with zero attached hydrogens (tertiary/aromatic N) is 2. The molecule has 0 aliphatic carbocycles. The van der Waals surface area contributed by atoms with Crippen LogP contribution in [0.15, 0.2) is 36.5 Å². The number of nitrogens with one attached hydrogen (secondary N) is 1. The first-order valence-corrected chi connectivity index (χ1v) is 12.8. The van der Waals surface area contributed by atoms with Crippen LogP contribution in [-0.4, -0.2) is 54.3 Å². The molecule has 2 N–H and O–H groups in total. The standard InChI is InChI=1S/C27H28ClF4N3O4/c1-38-16-2-3-23-18(12-16)24(19(28)15-33-23)20(29)4-5-27(26(36)34-37)6-8-35(9-7-27)10-11-39-17-13-21(30)25(32)22(31)14-17/h2-3,12-15,20,37H,4-11H2,1H3,(H,34,36)/t20-/m1/s1. The fourth-order valence-electron chi connectivity index (χ4n) is 4.98. The van der Waals surface area contributed by atoms with E-state index in [9.17, 15) is 23.2 Å². The zero-order valence-electron chi connectivity index (χ0n) is 21.2. The highest BCUT2D eigenvalue weighted by molar-refractivity contribution is 6.32. The molecule has 39 heavy (non-hydrogen) atoms. The van der Waals surface area contributed by atoms with Gasteiger partial charge in [0.1, 0.15) is 24.3 Å². The van der Waals surface area contributed by atoms with Gasteiger partial charge in [-0.05, 0) is 57.0 Å². The fourth-order valence-corrected chi connectivity index (χ4v) is 5.25. The highest BCUT2D eigenvalue weighted by atomic mass is 35.5. The van der Waals surface area contributed by atoms with Gasteiger partial charge in [-0.2, -0.15) is 0 Å². The van der Waals surface area contributed by atoms with E-state index in [0.29, 0.717) is 49.1 Å². The number of aromatic nitrogens is 1. The molecule has 1 aromatic heterocycles. The van der Waals surface area contributed by atoms with Crippen LogP contribution in [0.3, 0.4) is 0 Å². The molecule has 4 rings (SSSR count). The quantitative estimate of drug-likeness (QED) is 0.140. The summed E-state index contributed by atoms with van der Waals surface area (Å²) in [5, 5.41) is 10.1. The zero-order chi connectivity index (χ0) is 28.2. The van der Waals surface area contributed by atoms with Gasteiger partial charge in [-0.3, -0.25) is 19.9 Å². The maximum Gasteiger partial charge on any atom is 0.249 e. The molecular weight excluding hydrogens is 542 g/mol. The fraction of sp³-hybridized carbons (Fsp3) is 0.407. The Morgan fingerprint density at radius 3 is 2.51 bits per heavy atom. The minimum Gasteiger partial charge on any atom is -0.497 e. The van der Waals surface area contributed by atoms with Crippen LogP contribution in [0.5, 0.6) is 11.5 Å². The van der Waals surface area contributed by atoms with Crippen LogP contribution in [-0.2, 0) is 4.79 Å². The zero-order valence-corrected chi connectivity index (χ0v) is 21.9. The van der Waals surface area contributed by atoms with Crippen LogP contribution in [0.25, 0.3) is 10.9 Å². The smallest absolute Gasteiger partial charge is 0.249 e. The summed E-state index contributed by atoms with van der Waals surface area (Å²) in [6, 6.07) is 6.64. The number of rotatable bonds is 10. The Balaban J connectivity index is 1.39. The van der Waals surface area contributed by atoms with E-state index >= 15 is 4.39 Å². The Labute approximate surface area is 227 Å². The lowest BCUT2D eigenvalue weighted by Gasteiger charge is -2.40. The van der Waals surface area contributed by atoms with Crippen LogP contribution in [0.1, 0.15) is 37.4 Å². The van der Waals surface area contributed by atoms with Crippen molar-refractivity contribution in [2.24, 2.45) is 5.41 Å². The topological polar surface area (TPSA) is 83.9 Å². The van der Waals surface area contributed by atoms with Crippen molar-refractivity contribution in [3.05, 3.63) is 64.6 Å². The maximum atomic E-state index is 15.7. The average molecular weight is 570 g/mol. The van der Waals surface area contributed by atoms with Crippen molar-refractivity contribution in [1.82, 2.24) is 15.4 Å². The molecule has 0 radical (unpaired) electrons. The Kier molecular flexibility index (Phi) is 9.14. The molecule has 2 aromatic carbocycles. The molecule has 1 aliphatic heterocycles. The first-order chi connectivity index (χ1) is 18.7. The number of halogens is 5. The number of hydrogen-bond acceptors (Lipinski definition) is 6. The third-order valence-electron chi connectivity index (χ3n) is 7.29. The van der Waals surface area contributed by atoms with Crippen molar-refractivity contribution >= 4 is 28.4 Å². The summed E-state index contributed by atoms with van der Waals surface area (Å²) in [6.07, 6.45) is 0.706. The van der Waals surface area contributed by atoms with Gasteiger partial charge in [0.15, 0.2) is 17.5 Å². The Hall–Kier alpha value is -3.15. The number of carbonyl (C=O) groups excluding carboxylic acids is 1. The number of amides is 1. The summed E-state index contributed by atoms with van der Waals surface area (Å²) in [7, 11) is 1.50. The lowest BCUT2D eigenvalue weighted by molar-refractivity contribution is -0.143. The van der Waals surface area contributed by atoms with Crippen LogP contribution in [0.4, 0.5) is 17.6 Å². The van der Waals surface area contributed by atoms with E-state index in [4.69, 9.17) is 21.1 Å². The molecule has 1 fully saturated rings. The van der Waals surface area contributed by atoms with E-state index in [1.54, 1.807) is 23.7 Å². The first kappa shape index (κ1) is 28.8. The Bertz CT molecular complexity index is 1310. The molecule has 1 aliphatic rings. The Morgan fingerprint density at radius 2 is 1.87 bits per heavy atom. The van der Waals surface area contributed by atoms with Gasteiger partial charge in [-0.15, -0.1) is 0 Å². The first-order valence-electron chi connectivity index (χ1n) is 12.4. The molecule has 0 spiro atoms. The minimum atomic E-state index is -1.56. The molecule has 0 saturated carbocycles. The number of pyridine rings is 1. The van der Waals surface area contributed by atoms with Crippen molar-refractivity contribution in [2.75, 3.05) is 33.4 Å². The third kappa shape index (κ3) is 6.37. The second kappa shape index (κ2) is 12.4. The number of piperidine rings is 1. The lowest BCUT2D eigenvalue weighted by atomic mass is 9.73. The predicted octanol–water partition coefficient (Wildman–Crippen LogP) is 5.77.